The summed E-state index contributed by atoms with van der Waals surface area (Å²) in [6.45, 7) is 0. The maximum absolute atomic E-state index is 15.1. The normalized spacial score (nSPS) is 12.1. The lowest BCUT2D eigenvalue weighted by molar-refractivity contribution is 0.592. The van der Waals surface area contributed by atoms with Gasteiger partial charge in [-0.05, 0) is 63.7 Å². The highest BCUT2D eigenvalue weighted by Crippen LogP contribution is 2.43. The Hall–Kier alpha value is -5.50. The first kappa shape index (κ1) is 25.9. The van der Waals surface area contributed by atoms with Crippen LogP contribution >= 0.6 is 7.14 Å². The molecule has 0 saturated carbocycles. The molecular weight excluding hydrogens is 567 g/mol. The Morgan fingerprint density at radius 1 is 0.444 bits per heavy atom. The van der Waals surface area contributed by atoms with Gasteiger partial charge in [-0.1, -0.05) is 127 Å². The van der Waals surface area contributed by atoms with Crippen molar-refractivity contribution in [2.45, 2.75) is 0 Å². The maximum Gasteiger partial charge on any atom is 0.171 e. The van der Waals surface area contributed by atoms with Gasteiger partial charge in [0.05, 0.1) is 16.6 Å². The van der Waals surface area contributed by atoms with Gasteiger partial charge in [0.1, 0.15) is 5.65 Å². The largest absolute Gasteiger partial charge is 0.309 e. The van der Waals surface area contributed by atoms with Crippen molar-refractivity contribution in [2.75, 3.05) is 0 Å². The standard InChI is InChI=1S/C41H27N2OP/c44-45(32-11-3-1-4-12-32,33-13-5-2-6-14-33)34-23-21-28-19-20-29(25-31(28)26-34)30-22-24-35-36-15-7-9-17-39(36)43-40-18-10-8-16-38(40)42-41(43)37(35)27-30/h1-27H. The monoisotopic (exact) mass is 594 g/mol. The Labute approximate surface area is 260 Å². The van der Waals surface area contributed by atoms with Gasteiger partial charge >= 0.3 is 0 Å². The smallest absolute Gasteiger partial charge is 0.171 e. The number of fused-ring (bicyclic) bond motifs is 9. The molecule has 9 rings (SSSR count). The molecule has 7 aromatic carbocycles. The number of benzene rings is 7. The topological polar surface area (TPSA) is 34.4 Å². The summed E-state index contributed by atoms with van der Waals surface area (Å²) in [5, 5.41) is 8.20. The van der Waals surface area contributed by atoms with Crippen LogP contribution in [0.25, 0.3) is 60.3 Å². The average molecular weight is 595 g/mol. The summed E-state index contributed by atoms with van der Waals surface area (Å²) in [5.74, 6) is 0. The predicted octanol–water partition coefficient (Wildman–Crippen LogP) is 9.25. The molecule has 0 spiro atoms. The third-order valence-corrected chi connectivity index (χ3v) is 12.1. The van der Waals surface area contributed by atoms with Crippen LogP contribution in [0.2, 0.25) is 0 Å². The minimum absolute atomic E-state index is 0.834. The lowest BCUT2D eigenvalue weighted by Crippen LogP contribution is -2.24. The molecule has 212 valence electrons. The van der Waals surface area contributed by atoms with Gasteiger partial charge in [0.2, 0.25) is 0 Å². The van der Waals surface area contributed by atoms with E-state index in [4.69, 9.17) is 4.98 Å². The first-order chi connectivity index (χ1) is 22.2. The Kier molecular flexibility index (Phi) is 5.78. The number of pyridine rings is 1. The summed E-state index contributed by atoms with van der Waals surface area (Å²) in [5.41, 5.74) is 6.43. The molecule has 2 heterocycles. The summed E-state index contributed by atoms with van der Waals surface area (Å²) in [7, 11) is -3.08. The van der Waals surface area contributed by atoms with Gasteiger partial charge < -0.3 is 4.57 Å². The quantitative estimate of drug-likeness (QED) is 0.150. The molecule has 0 radical (unpaired) electrons. The van der Waals surface area contributed by atoms with E-state index in [1.807, 2.05) is 72.8 Å². The minimum atomic E-state index is -3.08. The Balaban J connectivity index is 1.25. The molecule has 0 aliphatic rings. The summed E-state index contributed by atoms with van der Waals surface area (Å²) in [6.07, 6.45) is 0. The second-order valence-corrected chi connectivity index (χ2v) is 14.3. The number of hydrogen-bond acceptors (Lipinski definition) is 2. The third-order valence-electron chi connectivity index (χ3n) is 9.02. The van der Waals surface area contributed by atoms with Gasteiger partial charge in [-0.15, -0.1) is 0 Å². The molecule has 9 aromatic rings. The van der Waals surface area contributed by atoms with Crippen LogP contribution in [0.15, 0.2) is 164 Å². The van der Waals surface area contributed by atoms with Crippen molar-refractivity contribution in [3.63, 3.8) is 0 Å². The molecule has 0 fully saturated rings. The molecule has 0 saturated heterocycles. The molecule has 45 heavy (non-hydrogen) atoms. The second kappa shape index (κ2) is 10.0. The van der Waals surface area contributed by atoms with E-state index in [9.17, 15) is 0 Å². The van der Waals surface area contributed by atoms with E-state index in [2.05, 4.69) is 95.4 Å². The van der Waals surface area contributed by atoms with E-state index in [-0.39, 0.29) is 0 Å². The zero-order chi connectivity index (χ0) is 30.0. The number of imidazole rings is 1. The molecular formula is C41H27N2OP. The molecule has 0 unspecified atom stereocenters. The SMILES string of the molecule is O=P(c1ccccc1)(c1ccccc1)c1ccc2ccc(-c3ccc4c5ccccc5n5c6ccccc6nc5c4c3)cc2c1. The van der Waals surface area contributed by atoms with Crippen LogP contribution < -0.4 is 15.9 Å². The number of nitrogens with zero attached hydrogens (tertiary/aromatic N) is 2. The Morgan fingerprint density at radius 2 is 1.07 bits per heavy atom. The third kappa shape index (κ3) is 3.98. The second-order valence-electron chi connectivity index (χ2n) is 11.6. The van der Waals surface area contributed by atoms with Crippen molar-refractivity contribution >= 4 is 72.2 Å². The highest BCUT2D eigenvalue weighted by Gasteiger charge is 2.29. The predicted molar refractivity (Wildman–Crippen MR) is 190 cm³/mol. The number of para-hydroxylation sites is 3. The van der Waals surface area contributed by atoms with Gasteiger partial charge in [0, 0.05) is 26.7 Å². The van der Waals surface area contributed by atoms with Crippen molar-refractivity contribution in [3.8, 4) is 11.1 Å². The van der Waals surface area contributed by atoms with Gasteiger partial charge in [-0.2, -0.15) is 0 Å². The summed E-state index contributed by atoms with van der Waals surface area (Å²) < 4.78 is 17.3. The van der Waals surface area contributed by atoms with Crippen LogP contribution in [0.3, 0.4) is 0 Å². The molecule has 0 bridgehead atoms. The fraction of sp³-hybridized carbons (Fsp3) is 0. The lowest BCUT2D eigenvalue weighted by Gasteiger charge is -2.20. The zero-order valence-electron chi connectivity index (χ0n) is 24.3. The molecule has 0 N–H and O–H groups in total. The van der Waals surface area contributed by atoms with Crippen LogP contribution in [0.4, 0.5) is 0 Å². The first-order valence-electron chi connectivity index (χ1n) is 15.2. The fourth-order valence-corrected chi connectivity index (χ4v) is 9.51. The molecule has 4 heteroatoms. The van der Waals surface area contributed by atoms with Gasteiger partial charge in [-0.3, -0.25) is 4.40 Å². The maximum atomic E-state index is 15.1. The van der Waals surface area contributed by atoms with Crippen molar-refractivity contribution in [1.82, 2.24) is 9.38 Å². The van der Waals surface area contributed by atoms with Crippen molar-refractivity contribution < 1.29 is 4.57 Å². The van der Waals surface area contributed by atoms with Crippen LogP contribution in [-0.4, -0.2) is 9.38 Å². The van der Waals surface area contributed by atoms with Crippen LogP contribution in [0.1, 0.15) is 0 Å². The van der Waals surface area contributed by atoms with E-state index >= 15 is 4.57 Å². The summed E-state index contributed by atoms with van der Waals surface area (Å²) in [6, 6.07) is 56.1. The van der Waals surface area contributed by atoms with E-state index in [1.54, 1.807) is 0 Å². The molecule has 0 aliphatic heterocycles. The zero-order valence-corrected chi connectivity index (χ0v) is 25.2. The van der Waals surface area contributed by atoms with E-state index in [0.717, 1.165) is 65.4 Å². The number of rotatable bonds is 4. The number of aromatic nitrogens is 2. The van der Waals surface area contributed by atoms with Crippen LogP contribution in [0.5, 0.6) is 0 Å². The van der Waals surface area contributed by atoms with Gasteiger partial charge in [0.25, 0.3) is 0 Å². The van der Waals surface area contributed by atoms with Gasteiger partial charge in [-0.25, -0.2) is 4.98 Å². The number of hydrogen-bond donors (Lipinski definition) is 0. The van der Waals surface area contributed by atoms with Gasteiger partial charge in [0.15, 0.2) is 7.14 Å². The molecule has 2 aromatic heterocycles. The van der Waals surface area contributed by atoms with Crippen LogP contribution in [0, 0.1) is 0 Å². The first-order valence-corrected chi connectivity index (χ1v) is 16.9. The van der Waals surface area contributed by atoms with E-state index in [1.165, 1.54) is 10.8 Å². The fourth-order valence-electron chi connectivity index (χ4n) is 6.82. The lowest BCUT2D eigenvalue weighted by atomic mass is 9.97. The highest BCUT2D eigenvalue weighted by molar-refractivity contribution is 7.85. The summed E-state index contributed by atoms with van der Waals surface area (Å²) >= 11 is 0. The average Bonchev–Trinajstić information content (AvgIpc) is 3.52. The van der Waals surface area contributed by atoms with E-state index in [0.29, 0.717) is 0 Å². The van der Waals surface area contributed by atoms with Crippen molar-refractivity contribution in [3.05, 3.63) is 164 Å². The van der Waals surface area contributed by atoms with Crippen molar-refractivity contribution in [1.29, 1.82) is 0 Å². The Morgan fingerprint density at radius 3 is 1.84 bits per heavy atom. The molecule has 0 aliphatic carbocycles. The van der Waals surface area contributed by atoms with Crippen LogP contribution in [-0.2, 0) is 4.57 Å². The highest BCUT2D eigenvalue weighted by atomic mass is 31.2. The Bertz CT molecular complexity index is 2580. The molecule has 0 atom stereocenters. The van der Waals surface area contributed by atoms with Crippen molar-refractivity contribution in [2.24, 2.45) is 0 Å². The van der Waals surface area contributed by atoms with E-state index < -0.39 is 7.14 Å². The molecule has 3 nitrogen and oxygen atoms in total. The summed E-state index contributed by atoms with van der Waals surface area (Å²) in [4.78, 5) is 5.11. The molecule has 0 amide bonds. The minimum Gasteiger partial charge on any atom is -0.309 e.